The van der Waals surface area contributed by atoms with Gasteiger partial charge in [0.2, 0.25) is 5.91 Å². The molecule has 108 valence electrons. The SMILES string of the molecule is CCN1CCCC1CNC(=O)C1C(C(=O)O)C1(C)C. The molecule has 0 radical (unpaired) electrons. The van der Waals surface area contributed by atoms with Crippen LogP contribution in [0.4, 0.5) is 0 Å². The standard InChI is InChI=1S/C14H24N2O3/c1-4-16-7-5-6-9(16)8-15-12(17)10-11(13(18)19)14(10,2)3/h9-11H,4-8H2,1-3H3,(H,15,17)(H,18,19). The molecular formula is C14H24N2O3. The van der Waals surface area contributed by atoms with Gasteiger partial charge in [0.25, 0.3) is 0 Å². The summed E-state index contributed by atoms with van der Waals surface area (Å²) in [5, 5.41) is 12.0. The van der Waals surface area contributed by atoms with Gasteiger partial charge in [-0.3, -0.25) is 14.5 Å². The van der Waals surface area contributed by atoms with E-state index in [9.17, 15) is 9.59 Å². The Morgan fingerprint density at radius 3 is 2.58 bits per heavy atom. The average Bonchev–Trinajstić information content (AvgIpc) is 2.72. The van der Waals surface area contributed by atoms with Gasteiger partial charge in [0.15, 0.2) is 0 Å². The number of hydrogen-bond acceptors (Lipinski definition) is 3. The number of carboxylic acids is 1. The largest absolute Gasteiger partial charge is 0.481 e. The molecule has 3 atom stereocenters. The third-order valence-corrected chi connectivity index (χ3v) is 4.79. The Kier molecular flexibility index (Phi) is 3.85. The number of carboxylic acid groups (broad SMARTS) is 1. The van der Waals surface area contributed by atoms with Crippen molar-refractivity contribution in [3.63, 3.8) is 0 Å². The predicted octanol–water partition coefficient (Wildman–Crippen LogP) is 0.944. The number of carbonyl (C=O) groups is 2. The molecule has 3 unspecified atom stereocenters. The lowest BCUT2D eigenvalue weighted by molar-refractivity contribution is -0.140. The molecule has 2 fully saturated rings. The fourth-order valence-electron chi connectivity index (χ4n) is 3.46. The molecule has 1 aliphatic carbocycles. The summed E-state index contributed by atoms with van der Waals surface area (Å²) in [7, 11) is 0. The predicted molar refractivity (Wildman–Crippen MR) is 71.7 cm³/mol. The summed E-state index contributed by atoms with van der Waals surface area (Å²) in [6.07, 6.45) is 2.30. The second kappa shape index (κ2) is 5.12. The van der Waals surface area contributed by atoms with Crippen LogP contribution in [0, 0.1) is 17.3 Å². The quantitative estimate of drug-likeness (QED) is 0.778. The second-order valence-electron chi connectivity index (χ2n) is 6.28. The van der Waals surface area contributed by atoms with Crippen molar-refractivity contribution in [1.29, 1.82) is 0 Å². The first kappa shape index (κ1) is 14.3. The molecule has 1 saturated heterocycles. The van der Waals surface area contributed by atoms with E-state index in [-0.39, 0.29) is 11.8 Å². The zero-order valence-corrected chi connectivity index (χ0v) is 12.0. The van der Waals surface area contributed by atoms with Crippen molar-refractivity contribution in [2.24, 2.45) is 17.3 Å². The van der Waals surface area contributed by atoms with Gasteiger partial charge >= 0.3 is 5.97 Å². The Morgan fingerprint density at radius 1 is 1.37 bits per heavy atom. The maximum absolute atomic E-state index is 12.1. The van der Waals surface area contributed by atoms with Crippen LogP contribution < -0.4 is 5.32 Å². The Balaban J connectivity index is 1.84. The number of likely N-dealkylation sites (N-methyl/N-ethyl adjacent to an activating group) is 1. The topological polar surface area (TPSA) is 69.6 Å². The number of aliphatic carboxylic acids is 1. The average molecular weight is 268 g/mol. The molecule has 5 nitrogen and oxygen atoms in total. The van der Waals surface area contributed by atoms with E-state index in [2.05, 4.69) is 17.1 Å². The van der Waals surface area contributed by atoms with Crippen LogP contribution in [0.25, 0.3) is 0 Å². The summed E-state index contributed by atoms with van der Waals surface area (Å²) in [5.41, 5.74) is -0.407. The van der Waals surface area contributed by atoms with Crippen molar-refractivity contribution in [2.45, 2.75) is 39.7 Å². The number of hydrogen-bond donors (Lipinski definition) is 2. The Morgan fingerprint density at radius 2 is 2.05 bits per heavy atom. The lowest BCUT2D eigenvalue weighted by atomic mass is 10.1. The van der Waals surface area contributed by atoms with E-state index in [1.165, 1.54) is 6.42 Å². The van der Waals surface area contributed by atoms with Crippen LogP contribution in [0.3, 0.4) is 0 Å². The number of rotatable bonds is 5. The number of nitrogens with one attached hydrogen (secondary N) is 1. The molecule has 2 N–H and O–H groups in total. The number of carbonyl (C=O) groups excluding carboxylic acids is 1. The van der Waals surface area contributed by atoms with Crippen molar-refractivity contribution < 1.29 is 14.7 Å². The van der Waals surface area contributed by atoms with Gasteiger partial charge in [0.1, 0.15) is 0 Å². The number of amides is 1. The van der Waals surface area contributed by atoms with Gasteiger partial charge < -0.3 is 10.4 Å². The normalized spacial score (nSPS) is 33.1. The molecule has 2 rings (SSSR count). The highest BCUT2D eigenvalue weighted by Crippen LogP contribution is 2.58. The fraction of sp³-hybridized carbons (Fsp3) is 0.857. The van der Waals surface area contributed by atoms with E-state index in [1.54, 1.807) is 0 Å². The fourth-order valence-corrected chi connectivity index (χ4v) is 3.46. The molecule has 1 aliphatic heterocycles. The third-order valence-electron chi connectivity index (χ3n) is 4.79. The van der Waals surface area contributed by atoms with Crippen molar-refractivity contribution in [3.05, 3.63) is 0 Å². The molecule has 0 bridgehead atoms. The molecule has 1 heterocycles. The lowest BCUT2D eigenvalue weighted by Crippen LogP contribution is -2.41. The van der Waals surface area contributed by atoms with E-state index in [1.807, 2.05) is 13.8 Å². The minimum atomic E-state index is -0.860. The molecular weight excluding hydrogens is 244 g/mol. The van der Waals surface area contributed by atoms with Crippen LogP contribution in [0.1, 0.15) is 33.6 Å². The van der Waals surface area contributed by atoms with Crippen LogP contribution in [0.2, 0.25) is 0 Å². The van der Waals surface area contributed by atoms with E-state index in [4.69, 9.17) is 5.11 Å². The highest BCUT2D eigenvalue weighted by atomic mass is 16.4. The van der Waals surface area contributed by atoms with Gasteiger partial charge in [0.05, 0.1) is 11.8 Å². The van der Waals surface area contributed by atoms with Gasteiger partial charge in [-0.25, -0.2) is 0 Å². The molecule has 0 aromatic heterocycles. The molecule has 2 aliphatic rings. The van der Waals surface area contributed by atoms with Crippen LogP contribution >= 0.6 is 0 Å². The van der Waals surface area contributed by atoms with Crippen molar-refractivity contribution in [3.8, 4) is 0 Å². The zero-order valence-electron chi connectivity index (χ0n) is 12.0. The summed E-state index contributed by atoms with van der Waals surface area (Å²) in [4.78, 5) is 25.5. The maximum Gasteiger partial charge on any atom is 0.307 e. The Labute approximate surface area is 114 Å². The first-order chi connectivity index (χ1) is 8.89. The number of likely N-dealkylation sites (tertiary alicyclic amines) is 1. The summed E-state index contributed by atoms with van der Waals surface area (Å²) in [6, 6.07) is 0.416. The van der Waals surface area contributed by atoms with Crippen LogP contribution in [-0.4, -0.2) is 47.6 Å². The van der Waals surface area contributed by atoms with Gasteiger partial charge in [-0.2, -0.15) is 0 Å². The third kappa shape index (κ3) is 2.61. The highest BCUT2D eigenvalue weighted by Gasteiger charge is 2.65. The van der Waals surface area contributed by atoms with Crippen LogP contribution in [-0.2, 0) is 9.59 Å². The monoisotopic (exact) mass is 268 g/mol. The van der Waals surface area contributed by atoms with Crippen molar-refractivity contribution in [2.75, 3.05) is 19.6 Å². The zero-order chi connectivity index (χ0) is 14.2. The summed E-state index contributed by atoms with van der Waals surface area (Å²) in [5.74, 6) is -1.86. The van der Waals surface area contributed by atoms with Gasteiger partial charge in [0, 0.05) is 12.6 Å². The van der Waals surface area contributed by atoms with Gasteiger partial charge in [-0.1, -0.05) is 20.8 Å². The molecule has 19 heavy (non-hydrogen) atoms. The van der Waals surface area contributed by atoms with Crippen molar-refractivity contribution in [1.82, 2.24) is 10.2 Å². The molecule has 1 saturated carbocycles. The Hall–Kier alpha value is -1.10. The van der Waals surface area contributed by atoms with Crippen LogP contribution in [0.15, 0.2) is 0 Å². The lowest BCUT2D eigenvalue weighted by Gasteiger charge is -2.23. The minimum Gasteiger partial charge on any atom is -0.481 e. The van der Waals surface area contributed by atoms with E-state index in [0.29, 0.717) is 12.6 Å². The second-order valence-corrected chi connectivity index (χ2v) is 6.28. The molecule has 0 spiro atoms. The Bertz CT molecular complexity index is 381. The molecule has 0 aromatic carbocycles. The van der Waals surface area contributed by atoms with E-state index >= 15 is 0 Å². The van der Waals surface area contributed by atoms with E-state index in [0.717, 1.165) is 19.5 Å². The van der Waals surface area contributed by atoms with E-state index < -0.39 is 17.3 Å². The molecule has 5 heteroatoms. The maximum atomic E-state index is 12.1. The van der Waals surface area contributed by atoms with Crippen molar-refractivity contribution >= 4 is 11.9 Å². The summed E-state index contributed by atoms with van der Waals surface area (Å²) in [6.45, 7) is 8.58. The summed E-state index contributed by atoms with van der Waals surface area (Å²) >= 11 is 0. The first-order valence-corrected chi connectivity index (χ1v) is 7.14. The molecule has 1 amide bonds. The minimum absolute atomic E-state index is 0.0969. The van der Waals surface area contributed by atoms with Crippen LogP contribution in [0.5, 0.6) is 0 Å². The molecule has 0 aromatic rings. The smallest absolute Gasteiger partial charge is 0.307 e. The van der Waals surface area contributed by atoms with Gasteiger partial charge in [-0.15, -0.1) is 0 Å². The summed E-state index contributed by atoms with van der Waals surface area (Å²) < 4.78 is 0. The number of nitrogens with zero attached hydrogens (tertiary/aromatic N) is 1. The highest BCUT2D eigenvalue weighted by molar-refractivity contribution is 5.91. The van der Waals surface area contributed by atoms with Gasteiger partial charge in [-0.05, 0) is 31.3 Å². The first-order valence-electron chi connectivity index (χ1n) is 7.14.